The maximum absolute atomic E-state index is 12.3. The molecule has 2 heterocycles. The SMILES string of the molecule is FC(F)(F)CCC1(NCc2cc(-c3ccncc3)n[nH]2)CC1. The Hall–Kier alpha value is -1.89. The molecule has 0 aliphatic heterocycles. The van der Waals surface area contributed by atoms with E-state index in [0.717, 1.165) is 29.8 Å². The van der Waals surface area contributed by atoms with Crippen molar-refractivity contribution in [2.24, 2.45) is 0 Å². The fraction of sp³-hybridized carbons (Fsp3) is 0.467. The first-order valence-electron chi connectivity index (χ1n) is 7.22. The summed E-state index contributed by atoms with van der Waals surface area (Å²) in [5.74, 6) is 0. The highest BCUT2D eigenvalue weighted by Gasteiger charge is 2.44. The van der Waals surface area contributed by atoms with Crippen molar-refractivity contribution >= 4 is 0 Å². The summed E-state index contributed by atoms with van der Waals surface area (Å²) in [5.41, 5.74) is 2.28. The Balaban J connectivity index is 1.55. The van der Waals surface area contributed by atoms with Gasteiger partial charge < -0.3 is 5.32 Å². The van der Waals surface area contributed by atoms with E-state index in [1.54, 1.807) is 12.4 Å². The molecule has 0 radical (unpaired) electrons. The topological polar surface area (TPSA) is 53.6 Å². The van der Waals surface area contributed by atoms with Crippen LogP contribution in [-0.4, -0.2) is 26.9 Å². The number of aromatic nitrogens is 3. The van der Waals surface area contributed by atoms with Crippen molar-refractivity contribution in [2.75, 3.05) is 0 Å². The zero-order chi connectivity index (χ0) is 15.6. The standard InChI is InChI=1S/C15H17F3N4/c16-15(17,18)6-5-14(3-4-14)20-10-12-9-13(22-21-12)11-1-7-19-8-2-11/h1-2,7-9,20H,3-6,10H2,(H,21,22). The van der Waals surface area contributed by atoms with E-state index in [1.165, 1.54) is 0 Å². The smallest absolute Gasteiger partial charge is 0.306 e. The minimum Gasteiger partial charge on any atom is -0.306 e. The van der Waals surface area contributed by atoms with Gasteiger partial charge in [0.1, 0.15) is 0 Å². The van der Waals surface area contributed by atoms with Gasteiger partial charge in [0.25, 0.3) is 0 Å². The molecule has 3 rings (SSSR count). The van der Waals surface area contributed by atoms with Crippen LogP contribution in [0.15, 0.2) is 30.6 Å². The monoisotopic (exact) mass is 310 g/mol. The van der Waals surface area contributed by atoms with E-state index >= 15 is 0 Å². The van der Waals surface area contributed by atoms with Crippen LogP contribution < -0.4 is 5.32 Å². The van der Waals surface area contributed by atoms with Crippen LogP contribution in [0.2, 0.25) is 0 Å². The van der Waals surface area contributed by atoms with Gasteiger partial charge in [-0.1, -0.05) is 0 Å². The third kappa shape index (κ3) is 3.85. The van der Waals surface area contributed by atoms with Gasteiger partial charge in [-0.05, 0) is 37.5 Å². The first kappa shape index (κ1) is 15.0. The molecule has 118 valence electrons. The van der Waals surface area contributed by atoms with Crippen molar-refractivity contribution in [3.8, 4) is 11.3 Å². The number of alkyl halides is 3. The van der Waals surface area contributed by atoms with E-state index in [-0.39, 0.29) is 12.0 Å². The fourth-order valence-electron chi connectivity index (χ4n) is 2.45. The van der Waals surface area contributed by atoms with Crippen molar-refractivity contribution in [3.05, 3.63) is 36.3 Å². The van der Waals surface area contributed by atoms with Crippen LogP contribution in [0.4, 0.5) is 13.2 Å². The predicted molar refractivity (Wildman–Crippen MR) is 75.9 cm³/mol. The Kier molecular flexibility index (Phi) is 3.90. The first-order chi connectivity index (χ1) is 10.5. The highest BCUT2D eigenvalue weighted by Crippen LogP contribution is 2.42. The lowest BCUT2D eigenvalue weighted by molar-refractivity contribution is -0.137. The van der Waals surface area contributed by atoms with Crippen LogP contribution in [0.5, 0.6) is 0 Å². The van der Waals surface area contributed by atoms with Crippen molar-refractivity contribution in [3.63, 3.8) is 0 Å². The van der Waals surface area contributed by atoms with Crippen LogP contribution >= 0.6 is 0 Å². The van der Waals surface area contributed by atoms with Gasteiger partial charge in [0.2, 0.25) is 0 Å². The van der Waals surface area contributed by atoms with E-state index in [9.17, 15) is 13.2 Å². The Morgan fingerprint density at radius 1 is 1.23 bits per heavy atom. The lowest BCUT2D eigenvalue weighted by Crippen LogP contribution is -2.32. The van der Waals surface area contributed by atoms with Crippen molar-refractivity contribution in [2.45, 2.75) is 43.9 Å². The van der Waals surface area contributed by atoms with Gasteiger partial charge in [0.05, 0.1) is 5.69 Å². The van der Waals surface area contributed by atoms with Crippen LogP contribution in [-0.2, 0) is 6.54 Å². The Morgan fingerprint density at radius 2 is 1.95 bits per heavy atom. The molecule has 1 fully saturated rings. The molecular formula is C15H17F3N4. The van der Waals surface area contributed by atoms with Crippen molar-refractivity contribution < 1.29 is 13.2 Å². The maximum Gasteiger partial charge on any atom is 0.389 e. The number of hydrogen-bond donors (Lipinski definition) is 2. The summed E-state index contributed by atoms with van der Waals surface area (Å²) in [6, 6.07) is 5.63. The normalized spacial score (nSPS) is 16.7. The molecule has 2 aromatic heterocycles. The largest absolute Gasteiger partial charge is 0.389 e. The number of nitrogens with one attached hydrogen (secondary N) is 2. The molecule has 0 saturated heterocycles. The average molecular weight is 310 g/mol. The molecule has 0 bridgehead atoms. The first-order valence-corrected chi connectivity index (χ1v) is 7.22. The molecular weight excluding hydrogens is 293 g/mol. The second kappa shape index (κ2) is 5.72. The summed E-state index contributed by atoms with van der Waals surface area (Å²) in [5, 5.41) is 10.4. The van der Waals surface area contributed by atoms with E-state index in [0.29, 0.717) is 6.54 Å². The summed E-state index contributed by atoms with van der Waals surface area (Å²) in [6.07, 6.45) is 0.312. The maximum atomic E-state index is 12.3. The van der Waals surface area contributed by atoms with Gasteiger partial charge in [-0.3, -0.25) is 10.1 Å². The number of halogens is 3. The lowest BCUT2D eigenvalue weighted by atomic mass is 10.1. The summed E-state index contributed by atoms with van der Waals surface area (Å²) in [4.78, 5) is 3.95. The zero-order valence-corrected chi connectivity index (χ0v) is 12.0. The molecule has 0 amide bonds. The van der Waals surface area contributed by atoms with Crippen LogP contribution in [0.1, 0.15) is 31.4 Å². The molecule has 1 aliphatic carbocycles. The Morgan fingerprint density at radius 3 is 2.59 bits per heavy atom. The molecule has 22 heavy (non-hydrogen) atoms. The molecule has 2 aromatic rings. The summed E-state index contributed by atoms with van der Waals surface area (Å²) in [6.45, 7) is 0.496. The number of aromatic amines is 1. The number of nitrogens with zero attached hydrogens (tertiary/aromatic N) is 2. The molecule has 1 saturated carbocycles. The molecule has 4 nitrogen and oxygen atoms in total. The Bertz CT molecular complexity index is 617. The summed E-state index contributed by atoms with van der Waals surface area (Å²) >= 11 is 0. The fourth-order valence-corrected chi connectivity index (χ4v) is 2.45. The Labute approximate surface area is 126 Å². The van der Waals surface area contributed by atoms with Crippen LogP contribution in [0, 0.1) is 0 Å². The highest BCUT2D eigenvalue weighted by atomic mass is 19.4. The third-order valence-electron chi connectivity index (χ3n) is 4.00. The third-order valence-corrected chi connectivity index (χ3v) is 4.00. The van der Waals surface area contributed by atoms with E-state index in [4.69, 9.17) is 0 Å². The number of pyridine rings is 1. The molecule has 7 heteroatoms. The zero-order valence-electron chi connectivity index (χ0n) is 12.0. The predicted octanol–water partition coefficient (Wildman–Crippen LogP) is 3.44. The highest BCUT2D eigenvalue weighted by molar-refractivity contribution is 5.58. The second-order valence-electron chi connectivity index (χ2n) is 5.76. The average Bonchev–Trinajstić information content (AvgIpc) is 3.11. The van der Waals surface area contributed by atoms with Crippen molar-refractivity contribution in [1.82, 2.24) is 20.5 Å². The molecule has 0 spiro atoms. The number of rotatable bonds is 6. The van der Waals surface area contributed by atoms with Gasteiger partial charge in [0.15, 0.2) is 0 Å². The molecule has 0 unspecified atom stereocenters. The van der Waals surface area contributed by atoms with E-state index < -0.39 is 12.6 Å². The number of H-pyrrole nitrogens is 1. The van der Waals surface area contributed by atoms with Gasteiger partial charge >= 0.3 is 6.18 Å². The minimum absolute atomic E-state index is 0.141. The molecule has 0 atom stereocenters. The van der Waals surface area contributed by atoms with Crippen molar-refractivity contribution in [1.29, 1.82) is 0 Å². The summed E-state index contributed by atoms with van der Waals surface area (Å²) in [7, 11) is 0. The van der Waals surface area contributed by atoms with Crippen LogP contribution in [0.25, 0.3) is 11.3 Å². The molecule has 0 aromatic carbocycles. The second-order valence-corrected chi connectivity index (χ2v) is 5.76. The molecule has 1 aliphatic rings. The summed E-state index contributed by atoms with van der Waals surface area (Å²) < 4.78 is 37.0. The van der Waals surface area contributed by atoms with E-state index in [2.05, 4.69) is 20.5 Å². The molecule has 2 N–H and O–H groups in total. The number of hydrogen-bond acceptors (Lipinski definition) is 3. The van der Waals surface area contributed by atoms with Gasteiger partial charge in [0, 0.05) is 42.2 Å². The van der Waals surface area contributed by atoms with Gasteiger partial charge in [-0.2, -0.15) is 18.3 Å². The quantitative estimate of drug-likeness (QED) is 0.859. The van der Waals surface area contributed by atoms with Gasteiger partial charge in [-0.25, -0.2) is 0 Å². The van der Waals surface area contributed by atoms with Crippen LogP contribution in [0.3, 0.4) is 0 Å². The minimum atomic E-state index is -4.08. The van der Waals surface area contributed by atoms with E-state index in [1.807, 2.05) is 18.2 Å². The van der Waals surface area contributed by atoms with Gasteiger partial charge in [-0.15, -0.1) is 0 Å². The lowest BCUT2D eigenvalue weighted by Gasteiger charge is -2.17.